The first-order valence-electron chi connectivity index (χ1n) is 7.77. The first-order valence-corrected chi connectivity index (χ1v) is 8.15. The van der Waals surface area contributed by atoms with Crippen molar-refractivity contribution in [2.24, 2.45) is 0 Å². The normalized spacial score (nSPS) is 11.7. The quantitative estimate of drug-likeness (QED) is 0.822. The van der Waals surface area contributed by atoms with E-state index in [1.807, 2.05) is 18.2 Å². The number of nitrogens with one attached hydrogen (secondary N) is 2. The van der Waals surface area contributed by atoms with Crippen molar-refractivity contribution in [3.05, 3.63) is 58.6 Å². The Hall–Kier alpha value is -2.51. The number of anilines is 2. The van der Waals surface area contributed by atoms with Crippen LogP contribution in [-0.4, -0.2) is 11.9 Å². The molecule has 0 unspecified atom stereocenters. The molecule has 0 heterocycles. The van der Waals surface area contributed by atoms with Crippen LogP contribution in [0.25, 0.3) is 0 Å². The topological polar surface area (TPSA) is 64.9 Å². The van der Waals surface area contributed by atoms with Crippen molar-refractivity contribution >= 4 is 28.9 Å². The highest BCUT2D eigenvalue weighted by molar-refractivity contribution is 6.32. The molecule has 2 aromatic carbocycles. The maximum absolute atomic E-state index is 12.3. The Bertz CT molecular complexity index is 763. The van der Waals surface area contributed by atoms with Crippen LogP contribution in [0.1, 0.15) is 37.8 Å². The molecule has 0 fully saturated rings. The zero-order valence-electron chi connectivity index (χ0n) is 13.9. The molecule has 4 nitrogen and oxygen atoms in total. The first-order chi connectivity index (χ1) is 11.4. The zero-order valence-corrected chi connectivity index (χ0v) is 14.7. The molecule has 2 N–H and O–H groups in total. The third kappa shape index (κ3) is 4.50. The molecular weight excluding hydrogens is 322 g/mol. The van der Waals surface area contributed by atoms with Crippen molar-refractivity contribution in [2.45, 2.75) is 32.7 Å². The second-order valence-corrected chi connectivity index (χ2v) is 6.35. The molecule has 0 aliphatic rings. The molecule has 124 valence electrons. The van der Waals surface area contributed by atoms with Gasteiger partial charge in [-0.3, -0.25) is 4.79 Å². The summed E-state index contributed by atoms with van der Waals surface area (Å²) in [5.41, 5.74) is 3.09. The Labute approximate surface area is 147 Å². The largest absolute Gasteiger partial charge is 0.374 e. The SMILES string of the molecule is CC(C)c1ccc(N[C@H](C)C(=O)Nc2ccc(C#N)c(Cl)c2)cc1. The summed E-state index contributed by atoms with van der Waals surface area (Å²) >= 11 is 5.97. The van der Waals surface area contributed by atoms with Crippen molar-refractivity contribution in [1.29, 1.82) is 5.26 Å². The third-order valence-corrected chi connectivity index (χ3v) is 4.02. The summed E-state index contributed by atoms with van der Waals surface area (Å²) in [7, 11) is 0. The van der Waals surface area contributed by atoms with E-state index in [2.05, 4.69) is 36.6 Å². The van der Waals surface area contributed by atoms with Gasteiger partial charge in [0.25, 0.3) is 0 Å². The minimum Gasteiger partial charge on any atom is -0.374 e. The molecule has 1 atom stereocenters. The lowest BCUT2D eigenvalue weighted by atomic mass is 10.0. The van der Waals surface area contributed by atoms with E-state index < -0.39 is 6.04 Å². The lowest BCUT2D eigenvalue weighted by molar-refractivity contribution is -0.116. The zero-order chi connectivity index (χ0) is 17.7. The van der Waals surface area contributed by atoms with Crippen LogP contribution in [0.2, 0.25) is 5.02 Å². The molecule has 0 spiro atoms. The standard InChI is InChI=1S/C19H20ClN3O/c1-12(2)14-4-7-16(8-5-14)22-13(3)19(24)23-17-9-6-15(11-21)18(20)10-17/h4-10,12-13,22H,1-3H3,(H,23,24)/t13-/m1/s1. The number of nitriles is 1. The lowest BCUT2D eigenvalue weighted by Gasteiger charge is -2.16. The number of amides is 1. The average molecular weight is 342 g/mol. The van der Waals surface area contributed by atoms with Crippen LogP contribution in [-0.2, 0) is 4.79 Å². The van der Waals surface area contributed by atoms with Crippen molar-refractivity contribution in [1.82, 2.24) is 0 Å². The third-order valence-electron chi connectivity index (χ3n) is 3.71. The molecule has 0 radical (unpaired) electrons. The molecule has 2 aromatic rings. The van der Waals surface area contributed by atoms with Gasteiger partial charge in [0.1, 0.15) is 12.1 Å². The van der Waals surface area contributed by atoms with Crippen molar-refractivity contribution in [3.8, 4) is 6.07 Å². The van der Waals surface area contributed by atoms with Gasteiger partial charge in [0.15, 0.2) is 0 Å². The second kappa shape index (κ2) is 7.85. The van der Waals surface area contributed by atoms with Gasteiger partial charge < -0.3 is 10.6 Å². The Morgan fingerprint density at radius 3 is 2.25 bits per heavy atom. The highest BCUT2D eigenvalue weighted by atomic mass is 35.5. The summed E-state index contributed by atoms with van der Waals surface area (Å²) in [5.74, 6) is 0.296. The summed E-state index contributed by atoms with van der Waals surface area (Å²) in [6, 6.07) is 14.4. The van der Waals surface area contributed by atoms with E-state index in [1.165, 1.54) is 5.56 Å². The van der Waals surface area contributed by atoms with E-state index in [-0.39, 0.29) is 5.91 Å². The molecule has 0 aliphatic carbocycles. The number of benzene rings is 2. The van der Waals surface area contributed by atoms with E-state index in [0.29, 0.717) is 22.2 Å². The lowest BCUT2D eigenvalue weighted by Crippen LogP contribution is -2.31. The van der Waals surface area contributed by atoms with Crippen molar-refractivity contribution < 1.29 is 4.79 Å². The van der Waals surface area contributed by atoms with Gasteiger partial charge in [-0.15, -0.1) is 0 Å². The van der Waals surface area contributed by atoms with E-state index in [9.17, 15) is 4.79 Å². The maximum atomic E-state index is 12.3. The highest BCUT2D eigenvalue weighted by Gasteiger charge is 2.13. The molecule has 0 aromatic heterocycles. The number of carbonyl (C=O) groups is 1. The van der Waals surface area contributed by atoms with E-state index >= 15 is 0 Å². The summed E-state index contributed by atoms with van der Waals surface area (Å²) in [6.07, 6.45) is 0. The molecule has 0 bridgehead atoms. The fourth-order valence-electron chi connectivity index (χ4n) is 2.21. The molecule has 0 saturated heterocycles. The van der Waals surface area contributed by atoms with Crippen LogP contribution in [0.4, 0.5) is 11.4 Å². The van der Waals surface area contributed by atoms with Gasteiger partial charge in [-0.25, -0.2) is 0 Å². The molecule has 2 rings (SSSR count). The summed E-state index contributed by atoms with van der Waals surface area (Å²) in [4.78, 5) is 12.3. The average Bonchev–Trinajstić information content (AvgIpc) is 2.55. The van der Waals surface area contributed by atoms with Gasteiger partial charge in [0, 0.05) is 11.4 Å². The maximum Gasteiger partial charge on any atom is 0.246 e. The Morgan fingerprint density at radius 2 is 1.71 bits per heavy atom. The number of hydrogen-bond donors (Lipinski definition) is 2. The van der Waals surface area contributed by atoms with E-state index in [0.717, 1.165) is 5.69 Å². The summed E-state index contributed by atoms with van der Waals surface area (Å²) in [6.45, 7) is 6.07. The monoisotopic (exact) mass is 341 g/mol. The summed E-state index contributed by atoms with van der Waals surface area (Å²) in [5, 5.41) is 15.1. The molecule has 5 heteroatoms. The Balaban J connectivity index is 1.99. The fourth-order valence-corrected chi connectivity index (χ4v) is 2.44. The number of halogens is 1. The molecule has 1 amide bonds. The van der Waals surface area contributed by atoms with E-state index in [1.54, 1.807) is 25.1 Å². The number of hydrogen-bond acceptors (Lipinski definition) is 3. The van der Waals surface area contributed by atoms with Gasteiger partial charge >= 0.3 is 0 Å². The highest BCUT2D eigenvalue weighted by Crippen LogP contribution is 2.21. The minimum atomic E-state index is -0.413. The first kappa shape index (κ1) is 17.8. The Kier molecular flexibility index (Phi) is 5.83. The van der Waals surface area contributed by atoms with Gasteiger partial charge in [0.2, 0.25) is 5.91 Å². The van der Waals surface area contributed by atoms with Gasteiger partial charge in [-0.2, -0.15) is 5.26 Å². The predicted octanol–water partition coefficient (Wildman–Crippen LogP) is 4.77. The van der Waals surface area contributed by atoms with Crippen LogP contribution in [0.5, 0.6) is 0 Å². The number of nitrogens with zero attached hydrogens (tertiary/aromatic N) is 1. The fraction of sp³-hybridized carbons (Fsp3) is 0.263. The molecule has 24 heavy (non-hydrogen) atoms. The van der Waals surface area contributed by atoms with Gasteiger partial charge in [-0.1, -0.05) is 37.6 Å². The summed E-state index contributed by atoms with van der Waals surface area (Å²) < 4.78 is 0. The number of carbonyl (C=O) groups excluding carboxylic acids is 1. The van der Waals surface area contributed by atoms with Crippen LogP contribution in [0, 0.1) is 11.3 Å². The Morgan fingerprint density at radius 1 is 1.08 bits per heavy atom. The van der Waals surface area contributed by atoms with Gasteiger partial charge in [-0.05, 0) is 48.7 Å². The van der Waals surface area contributed by atoms with Crippen molar-refractivity contribution in [3.63, 3.8) is 0 Å². The number of rotatable bonds is 5. The minimum absolute atomic E-state index is 0.177. The second-order valence-electron chi connectivity index (χ2n) is 5.94. The van der Waals surface area contributed by atoms with Crippen LogP contribution in [0.15, 0.2) is 42.5 Å². The van der Waals surface area contributed by atoms with Crippen molar-refractivity contribution in [2.75, 3.05) is 10.6 Å². The van der Waals surface area contributed by atoms with Crippen LogP contribution in [0.3, 0.4) is 0 Å². The predicted molar refractivity (Wildman–Crippen MR) is 98.4 cm³/mol. The van der Waals surface area contributed by atoms with Crippen LogP contribution < -0.4 is 10.6 Å². The van der Waals surface area contributed by atoms with E-state index in [4.69, 9.17) is 16.9 Å². The smallest absolute Gasteiger partial charge is 0.246 e. The molecule has 0 aliphatic heterocycles. The van der Waals surface area contributed by atoms with Gasteiger partial charge in [0.05, 0.1) is 10.6 Å². The molecular formula is C19H20ClN3O. The molecule has 0 saturated carbocycles. The van der Waals surface area contributed by atoms with Crippen LogP contribution >= 0.6 is 11.6 Å².